The Bertz CT molecular complexity index is 881. The Balaban J connectivity index is 1.66. The number of aliphatic hydroxyl groups is 1. The number of nitrogens with one attached hydrogen (secondary N) is 1. The number of rotatable bonds is 5. The van der Waals surface area contributed by atoms with Gasteiger partial charge in [-0.3, -0.25) is 4.79 Å². The number of carbonyl (C=O) groups excluding carboxylic acids is 1. The molecular formula is C20H22N2O3. The summed E-state index contributed by atoms with van der Waals surface area (Å²) < 4.78 is 5.12. The third-order valence-electron chi connectivity index (χ3n) is 4.54. The van der Waals surface area contributed by atoms with E-state index in [-0.39, 0.29) is 18.4 Å². The van der Waals surface area contributed by atoms with E-state index in [4.69, 9.17) is 4.52 Å². The van der Waals surface area contributed by atoms with Crippen molar-refractivity contribution in [2.75, 3.05) is 6.54 Å². The van der Waals surface area contributed by atoms with Crippen LogP contribution in [0.2, 0.25) is 0 Å². The van der Waals surface area contributed by atoms with Gasteiger partial charge in [-0.05, 0) is 43.2 Å². The monoisotopic (exact) mass is 338 g/mol. The highest BCUT2D eigenvalue weighted by Gasteiger charge is 2.23. The van der Waals surface area contributed by atoms with Crippen molar-refractivity contribution in [2.24, 2.45) is 0 Å². The Hall–Kier alpha value is -2.66. The maximum Gasteiger partial charge on any atom is 0.227 e. The van der Waals surface area contributed by atoms with Crippen molar-refractivity contribution in [1.29, 1.82) is 0 Å². The van der Waals surface area contributed by atoms with E-state index in [1.807, 2.05) is 56.3 Å². The number of amides is 1. The second-order valence-corrected chi connectivity index (χ2v) is 6.33. The predicted molar refractivity (Wildman–Crippen MR) is 96.3 cm³/mol. The number of aliphatic hydroxyl groups excluding tert-OH is 1. The van der Waals surface area contributed by atoms with Gasteiger partial charge in [0.1, 0.15) is 5.76 Å². The van der Waals surface area contributed by atoms with Crippen molar-refractivity contribution in [2.45, 2.75) is 32.8 Å². The third-order valence-corrected chi connectivity index (χ3v) is 4.54. The summed E-state index contributed by atoms with van der Waals surface area (Å²) in [6, 6.07) is 13.8. The summed E-state index contributed by atoms with van der Waals surface area (Å²) in [4.78, 5) is 12.4. The number of aryl methyl sites for hydroxylation is 2. The molecule has 0 aliphatic heterocycles. The molecule has 2 N–H and O–H groups in total. The molecule has 130 valence electrons. The van der Waals surface area contributed by atoms with Crippen LogP contribution in [0.1, 0.15) is 41.5 Å². The molecule has 0 spiro atoms. The molecule has 1 heterocycles. The van der Waals surface area contributed by atoms with Gasteiger partial charge < -0.3 is 14.9 Å². The van der Waals surface area contributed by atoms with Crippen molar-refractivity contribution in [3.8, 4) is 0 Å². The lowest BCUT2D eigenvalue weighted by molar-refractivity contribution is -0.122. The zero-order valence-corrected chi connectivity index (χ0v) is 14.6. The van der Waals surface area contributed by atoms with Crippen LogP contribution in [0.4, 0.5) is 0 Å². The molecule has 2 aromatic carbocycles. The van der Waals surface area contributed by atoms with Crippen LogP contribution in [0.15, 0.2) is 47.0 Å². The average Bonchev–Trinajstić information content (AvgIpc) is 2.96. The molecule has 0 aliphatic carbocycles. The number of hydrogen-bond donors (Lipinski definition) is 2. The predicted octanol–water partition coefficient (Wildman–Crippen LogP) is 3.40. The molecule has 3 rings (SSSR count). The zero-order chi connectivity index (χ0) is 18.0. The summed E-state index contributed by atoms with van der Waals surface area (Å²) in [5, 5.41) is 19.3. The van der Waals surface area contributed by atoms with Crippen molar-refractivity contribution in [1.82, 2.24) is 10.5 Å². The molecular weight excluding hydrogens is 316 g/mol. The standard InChI is InChI=1S/C20H22N2O3/c1-12(19-13(2)22-25-14(19)3)20(24)21-11-18(23)17-9-8-15-6-4-5-7-16(15)10-17/h4-10,12,18,23H,11H2,1-3H3,(H,21,24)/t12-,18+/m0/s1. The van der Waals surface area contributed by atoms with Gasteiger partial charge in [0.05, 0.1) is 17.7 Å². The van der Waals surface area contributed by atoms with E-state index in [9.17, 15) is 9.90 Å². The molecule has 3 aromatic rings. The van der Waals surface area contributed by atoms with Crippen molar-refractivity contribution < 1.29 is 14.4 Å². The van der Waals surface area contributed by atoms with Crippen LogP contribution >= 0.6 is 0 Å². The molecule has 1 amide bonds. The van der Waals surface area contributed by atoms with E-state index < -0.39 is 6.10 Å². The molecule has 2 atom stereocenters. The first kappa shape index (κ1) is 17.2. The summed E-state index contributed by atoms with van der Waals surface area (Å²) in [5.41, 5.74) is 2.30. The van der Waals surface area contributed by atoms with Crippen LogP contribution in [0.25, 0.3) is 10.8 Å². The largest absolute Gasteiger partial charge is 0.387 e. The van der Waals surface area contributed by atoms with Gasteiger partial charge in [0.15, 0.2) is 0 Å². The molecule has 1 aromatic heterocycles. The first-order chi connectivity index (χ1) is 12.0. The van der Waals surface area contributed by atoms with Gasteiger partial charge in [0.2, 0.25) is 5.91 Å². The fourth-order valence-corrected chi connectivity index (χ4v) is 3.12. The van der Waals surface area contributed by atoms with Gasteiger partial charge >= 0.3 is 0 Å². The van der Waals surface area contributed by atoms with Crippen LogP contribution in [-0.2, 0) is 4.79 Å². The fourth-order valence-electron chi connectivity index (χ4n) is 3.12. The van der Waals surface area contributed by atoms with Gasteiger partial charge in [-0.2, -0.15) is 0 Å². The molecule has 5 nitrogen and oxygen atoms in total. The van der Waals surface area contributed by atoms with Crippen molar-refractivity contribution in [3.05, 3.63) is 65.0 Å². The zero-order valence-electron chi connectivity index (χ0n) is 14.6. The Morgan fingerprint density at radius 2 is 1.92 bits per heavy atom. The minimum absolute atomic E-state index is 0.158. The third kappa shape index (κ3) is 3.56. The molecule has 0 unspecified atom stereocenters. The number of carbonyl (C=O) groups is 1. The Labute approximate surface area is 146 Å². The number of aromatic nitrogens is 1. The molecule has 0 aliphatic rings. The lowest BCUT2D eigenvalue weighted by Crippen LogP contribution is -2.32. The van der Waals surface area contributed by atoms with E-state index in [1.165, 1.54) is 0 Å². The van der Waals surface area contributed by atoms with E-state index in [0.29, 0.717) is 5.76 Å². The molecule has 0 radical (unpaired) electrons. The van der Waals surface area contributed by atoms with Gasteiger partial charge in [0.25, 0.3) is 0 Å². The molecule has 5 heteroatoms. The number of hydrogen-bond acceptors (Lipinski definition) is 4. The summed E-state index contributed by atoms with van der Waals surface area (Å²) in [6.45, 7) is 5.58. The van der Waals surface area contributed by atoms with E-state index >= 15 is 0 Å². The Morgan fingerprint density at radius 1 is 1.20 bits per heavy atom. The highest BCUT2D eigenvalue weighted by molar-refractivity contribution is 5.84. The van der Waals surface area contributed by atoms with Crippen LogP contribution < -0.4 is 5.32 Å². The second-order valence-electron chi connectivity index (χ2n) is 6.33. The number of nitrogens with zero attached hydrogens (tertiary/aromatic N) is 1. The molecule has 0 saturated carbocycles. The molecule has 0 bridgehead atoms. The first-order valence-electron chi connectivity index (χ1n) is 8.34. The summed E-state index contributed by atoms with van der Waals surface area (Å²) in [7, 11) is 0. The van der Waals surface area contributed by atoms with E-state index in [0.717, 1.165) is 27.6 Å². The minimum Gasteiger partial charge on any atom is -0.387 e. The van der Waals surface area contributed by atoms with Crippen molar-refractivity contribution >= 4 is 16.7 Å². The second kappa shape index (κ2) is 7.07. The minimum atomic E-state index is -0.759. The highest BCUT2D eigenvalue weighted by atomic mass is 16.5. The van der Waals surface area contributed by atoms with Crippen LogP contribution in [0.5, 0.6) is 0 Å². The first-order valence-corrected chi connectivity index (χ1v) is 8.34. The molecule has 0 fully saturated rings. The highest BCUT2D eigenvalue weighted by Crippen LogP contribution is 2.24. The maximum atomic E-state index is 12.4. The molecule has 0 saturated heterocycles. The number of benzene rings is 2. The SMILES string of the molecule is Cc1noc(C)c1[C@H](C)C(=O)NC[C@@H](O)c1ccc2ccccc2c1. The summed E-state index contributed by atoms with van der Waals surface area (Å²) in [5.74, 6) is 0.111. The summed E-state index contributed by atoms with van der Waals surface area (Å²) >= 11 is 0. The summed E-state index contributed by atoms with van der Waals surface area (Å²) in [6.07, 6.45) is -0.759. The topological polar surface area (TPSA) is 75.4 Å². The Morgan fingerprint density at radius 3 is 2.60 bits per heavy atom. The normalized spacial score (nSPS) is 13.6. The lowest BCUT2D eigenvalue weighted by Gasteiger charge is -2.16. The lowest BCUT2D eigenvalue weighted by atomic mass is 9.98. The quantitative estimate of drug-likeness (QED) is 0.748. The van der Waals surface area contributed by atoms with Gasteiger partial charge in [-0.1, -0.05) is 41.6 Å². The van der Waals surface area contributed by atoms with E-state index in [2.05, 4.69) is 10.5 Å². The van der Waals surface area contributed by atoms with Crippen LogP contribution in [-0.4, -0.2) is 22.7 Å². The smallest absolute Gasteiger partial charge is 0.227 e. The molecule has 25 heavy (non-hydrogen) atoms. The fraction of sp³-hybridized carbons (Fsp3) is 0.300. The average molecular weight is 338 g/mol. The van der Waals surface area contributed by atoms with Crippen molar-refractivity contribution in [3.63, 3.8) is 0 Å². The van der Waals surface area contributed by atoms with Gasteiger partial charge in [0, 0.05) is 12.1 Å². The number of fused-ring (bicyclic) bond motifs is 1. The maximum absolute atomic E-state index is 12.4. The van der Waals surface area contributed by atoms with E-state index in [1.54, 1.807) is 6.92 Å². The van der Waals surface area contributed by atoms with Crippen LogP contribution in [0, 0.1) is 13.8 Å². The Kier molecular flexibility index (Phi) is 4.86. The van der Waals surface area contributed by atoms with Gasteiger partial charge in [-0.15, -0.1) is 0 Å². The van der Waals surface area contributed by atoms with Gasteiger partial charge in [-0.25, -0.2) is 0 Å². The van der Waals surface area contributed by atoms with Crippen LogP contribution in [0.3, 0.4) is 0 Å².